The molecule has 0 amide bonds. The normalized spacial score (nSPS) is 11.0. The Hall–Kier alpha value is -3.82. The van der Waals surface area contributed by atoms with Crippen LogP contribution in [0.4, 0.5) is 10.3 Å². The molecule has 3 rings (SSSR count). The molecule has 0 fully saturated rings. The van der Waals surface area contributed by atoms with E-state index in [4.69, 9.17) is 13.7 Å². The van der Waals surface area contributed by atoms with Crippen molar-refractivity contribution in [2.75, 3.05) is 0 Å². The number of nitrogens with zero attached hydrogens (tertiary/aromatic N) is 3. The molecule has 0 radical (unpaired) electrons. The Balaban J connectivity index is 1.55. The standard InChI is InChI=1S/C16H10FN3O6/c17-11-3-1-10(2-4-11)16-18-13(26-19-16)9-24-15(21)8-6-12-5-7-14(25-12)20(22)23/h1-8H,9H2/b8-6+. The second kappa shape index (κ2) is 7.38. The maximum atomic E-state index is 12.9. The molecule has 0 saturated carbocycles. The van der Waals surface area contributed by atoms with E-state index in [0.717, 1.165) is 6.08 Å². The molecule has 132 valence electrons. The molecule has 0 N–H and O–H groups in total. The van der Waals surface area contributed by atoms with Crippen LogP contribution in [0.3, 0.4) is 0 Å². The molecule has 3 aromatic rings. The first-order chi connectivity index (χ1) is 12.5. The third-order valence-corrected chi connectivity index (χ3v) is 3.08. The van der Waals surface area contributed by atoms with Crippen molar-refractivity contribution >= 4 is 17.9 Å². The lowest BCUT2D eigenvalue weighted by molar-refractivity contribution is -0.402. The van der Waals surface area contributed by atoms with E-state index in [9.17, 15) is 19.3 Å². The first-order valence-electron chi connectivity index (χ1n) is 7.19. The SMILES string of the molecule is O=C(/C=C/c1ccc([N+](=O)[O-])o1)OCc1nc(-c2ccc(F)cc2)no1. The van der Waals surface area contributed by atoms with Crippen LogP contribution in [-0.2, 0) is 16.1 Å². The summed E-state index contributed by atoms with van der Waals surface area (Å²) in [6.07, 6.45) is 2.27. The van der Waals surface area contributed by atoms with Crippen LogP contribution in [0.5, 0.6) is 0 Å². The van der Waals surface area contributed by atoms with Crippen LogP contribution in [0.2, 0.25) is 0 Å². The predicted octanol–water partition coefficient (Wildman–Crippen LogP) is 3.13. The molecule has 0 aliphatic carbocycles. The van der Waals surface area contributed by atoms with Gasteiger partial charge >= 0.3 is 11.9 Å². The van der Waals surface area contributed by atoms with Gasteiger partial charge in [0.05, 0.1) is 6.07 Å². The minimum Gasteiger partial charge on any atom is -0.452 e. The van der Waals surface area contributed by atoms with E-state index >= 15 is 0 Å². The maximum absolute atomic E-state index is 12.9. The number of rotatable bonds is 6. The number of halogens is 1. The van der Waals surface area contributed by atoms with Crippen molar-refractivity contribution in [3.8, 4) is 11.4 Å². The zero-order valence-corrected chi connectivity index (χ0v) is 13.0. The summed E-state index contributed by atoms with van der Waals surface area (Å²) in [5.74, 6) is -1.14. The van der Waals surface area contributed by atoms with Crippen LogP contribution in [-0.4, -0.2) is 21.0 Å². The molecule has 0 aliphatic rings. The van der Waals surface area contributed by atoms with E-state index in [1.165, 1.54) is 42.5 Å². The van der Waals surface area contributed by atoms with Crippen LogP contribution >= 0.6 is 0 Å². The lowest BCUT2D eigenvalue weighted by Gasteiger charge is -1.96. The van der Waals surface area contributed by atoms with Gasteiger partial charge in [-0.25, -0.2) is 9.18 Å². The monoisotopic (exact) mass is 359 g/mol. The molecular weight excluding hydrogens is 349 g/mol. The van der Waals surface area contributed by atoms with Crippen LogP contribution in [0.1, 0.15) is 11.7 Å². The van der Waals surface area contributed by atoms with E-state index in [1.807, 2.05) is 0 Å². The fraction of sp³-hybridized carbons (Fsp3) is 0.0625. The smallest absolute Gasteiger partial charge is 0.433 e. The minimum absolute atomic E-state index is 0.0553. The molecule has 0 spiro atoms. The molecule has 10 heteroatoms. The number of furan rings is 1. The molecule has 0 bridgehead atoms. The molecular formula is C16H10FN3O6. The molecule has 9 nitrogen and oxygen atoms in total. The second-order valence-corrected chi connectivity index (χ2v) is 4.89. The quantitative estimate of drug-likeness (QED) is 0.285. The lowest BCUT2D eigenvalue weighted by atomic mass is 10.2. The van der Waals surface area contributed by atoms with E-state index < -0.39 is 16.8 Å². The predicted molar refractivity (Wildman–Crippen MR) is 83.9 cm³/mol. The number of benzene rings is 1. The van der Waals surface area contributed by atoms with Crippen molar-refractivity contribution in [3.05, 3.63) is 70.1 Å². The second-order valence-electron chi connectivity index (χ2n) is 4.89. The van der Waals surface area contributed by atoms with E-state index in [2.05, 4.69) is 10.1 Å². The van der Waals surface area contributed by atoms with Crippen molar-refractivity contribution in [2.24, 2.45) is 0 Å². The number of nitro groups is 1. The van der Waals surface area contributed by atoms with Crippen LogP contribution < -0.4 is 0 Å². The van der Waals surface area contributed by atoms with Gasteiger partial charge in [0.25, 0.3) is 5.89 Å². The molecule has 1 aromatic carbocycles. The molecule has 26 heavy (non-hydrogen) atoms. The number of carbonyl (C=O) groups excluding carboxylic acids is 1. The topological polar surface area (TPSA) is 122 Å². The number of ether oxygens (including phenoxy) is 1. The average molecular weight is 359 g/mol. The summed E-state index contributed by atoms with van der Waals surface area (Å²) in [5, 5.41) is 14.2. The van der Waals surface area contributed by atoms with Crippen molar-refractivity contribution in [1.29, 1.82) is 0 Å². The Morgan fingerprint density at radius 1 is 1.27 bits per heavy atom. The fourth-order valence-corrected chi connectivity index (χ4v) is 1.89. The summed E-state index contributed by atoms with van der Waals surface area (Å²) in [7, 11) is 0. The fourth-order valence-electron chi connectivity index (χ4n) is 1.89. The third-order valence-electron chi connectivity index (χ3n) is 3.08. The zero-order chi connectivity index (χ0) is 18.5. The lowest BCUT2D eigenvalue weighted by Crippen LogP contribution is -2.00. The van der Waals surface area contributed by atoms with Crippen LogP contribution in [0.25, 0.3) is 17.5 Å². The highest BCUT2D eigenvalue weighted by Crippen LogP contribution is 2.17. The third kappa shape index (κ3) is 4.17. The molecule has 0 aliphatic heterocycles. The van der Waals surface area contributed by atoms with Gasteiger partial charge in [0.2, 0.25) is 5.82 Å². The van der Waals surface area contributed by atoms with Gasteiger partial charge in [0, 0.05) is 11.6 Å². The Labute approximate surface area is 144 Å². The minimum atomic E-state index is -0.731. The number of hydrogen-bond acceptors (Lipinski definition) is 8. The van der Waals surface area contributed by atoms with Gasteiger partial charge in [0.1, 0.15) is 16.5 Å². The van der Waals surface area contributed by atoms with E-state index in [-0.39, 0.29) is 29.9 Å². The number of carbonyl (C=O) groups is 1. The van der Waals surface area contributed by atoms with Crippen molar-refractivity contribution < 1.29 is 27.8 Å². The van der Waals surface area contributed by atoms with Crippen molar-refractivity contribution in [3.63, 3.8) is 0 Å². The molecule has 0 unspecified atom stereocenters. The van der Waals surface area contributed by atoms with E-state index in [0.29, 0.717) is 5.56 Å². The van der Waals surface area contributed by atoms with Gasteiger partial charge in [-0.05, 0) is 36.4 Å². The van der Waals surface area contributed by atoms with Gasteiger partial charge in [-0.15, -0.1) is 0 Å². The summed E-state index contributed by atoms with van der Waals surface area (Å²) in [5.41, 5.74) is 0.548. The van der Waals surface area contributed by atoms with E-state index in [1.54, 1.807) is 0 Å². The maximum Gasteiger partial charge on any atom is 0.433 e. The summed E-state index contributed by atoms with van der Waals surface area (Å²) < 4.78 is 27.6. The first-order valence-corrected chi connectivity index (χ1v) is 7.19. The summed E-state index contributed by atoms with van der Waals surface area (Å²) in [6.45, 7) is -0.268. The highest BCUT2D eigenvalue weighted by atomic mass is 19.1. The van der Waals surface area contributed by atoms with Crippen molar-refractivity contribution in [2.45, 2.75) is 6.61 Å². The Kier molecular flexibility index (Phi) is 4.83. The van der Waals surface area contributed by atoms with Gasteiger partial charge < -0.3 is 13.7 Å². The highest BCUT2D eigenvalue weighted by Gasteiger charge is 2.12. The molecule has 0 saturated heterocycles. The molecule has 2 aromatic heterocycles. The Morgan fingerprint density at radius 3 is 2.73 bits per heavy atom. The molecule has 2 heterocycles. The number of aromatic nitrogens is 2. The largest absolute Gasteiger partial charge is 0.452 e. The molecule has 0 atom stereocenters. The van der Waals surface area contributed by atoms with Gasteiger partial charge in [-0.2, -0.15) is 4.98 Å². The summed E-state index contributed by atoms with van der Waals surface area (Å²) in [4.78, 5) is 25.5. The average Bonchev–Trinajstić information content (AvgIpc) is 3.28. The van der Waals surface area contributed by atoms with Gasteiger partial charge in [-0.3, -0.25) is 10.1 Å². The zero-order valence-electron chi connectivity index (χ0n) is 13.0. The van der Waals surface area contributed by atoms with Gasteiger partial charge in [0.15, 0.2) is 6.61 Å². The Morgan fingerprint density at radius 2 is 2.04 bits per heavy atom. The summed E-state index contributed by atoms with van der Waals surface area (Å²) in [6, 6.07) is 8.00. The number of hydrogen-bond donors (Lipinski definition) is 0. The van der Waals surface area contributed by atoms with Crippen LogP contribution in [0, 0.1) is 15.9 Å². The highest BCUT2D eigenvalue weighted by molar-refractivity contribution is 5.86. The van der Waals surface area contributed by atoms with Crippen molar-refractivity contribution in [1.82, 2.24) is 10.1 Å². The number of esters is 1. The van der Waals surface area contributed by atoms with Crippen LogP contribution in [0.15, 0.2) is 51.4 Å². The first kappa shape index (κ1) is 17.0. The Bertz CT molecular complexity index is 961. The van der Waals surface area contributed by atoms with Gasteiger partial charge in [-0.1, -0.05) is 5.16 Å². The summed E-state index contributed by atoms with van der Waals surface area (Å²) >= 11 is 0.